The van der Waals surface area contributed by atoms with Crippen molar-refractivity contribution in [3.8, 4) is 0 Å². The molecular weight excluding hydrogens is 424 g/mol. The van der Waals surface area contributed by atoms with E-state index in [1.165, 1.54) is 10.4 Å². The molecule has 3 aromatic rings. The molecule has 4 heteroatoms. The summed E-state index contributed by atoms with van der Waals surface area (Å²) in [5, 5.41) is 2.53. The molecule has 0 aliphatic rings. The molecule has 3 rings (SSSR count). The van der Waals surface area contributed by atoms with E-state index in [9.17, 15) is 4.79 Å². The van der Waals surface area contributed by atoms with Crippen LogP contribution in [-0.4, -0.2) is 14.9 Å². The van der Waals surface area contributed by atoms with E-state index < -0.39 is 8.32 Å². The van der Waals surface area contributed by atoms with E-state index in [1.807, 2.05) is 6.92 Å². The lowest BCUT2D eigenvalue weighted by Crippen LogP contribution is -2.66. The second-order valence-electron chi connectivity index (χ2n) is 10.9. The SMILES string of the molecule is Cc1c(CCCO[Si](c2ccccc2)(c2ccccc2)C(C)(C)C)cc(C(C)(C)C)oc1=O. The van der Waals surface area contributed by atoms with Crippen LogP contribution in [0.5, 0.6) is 0 Å². The maximum Gasteiger partial charge on any atom is 0.339 e. The fraction of sp³-hybridized carbons (Fsp3) is 0.414. The van der Waals surface area contributed by atoms with Crippen molar-refractivity contribution < 1.29 is 8.84 Å². The van der Waals surface area contributed by atoms with Crippen molar-refractivity contribution in [3.05, 3.63) is 94.0 Å². The van der Waals surface area contributed by atoms with Crippen LogP contribution in [0.1, 0.15) is 64.9 Å². The third kappa shape index (κ3) is 5.39. The summed E-state index contributed by atoms with van der Waals surface area (Å²) >= 11 is 0. The number of aryl methyl sites for hydroxylation is 1. The lowest BCUT2D eigenvalue weighted by Gasteiger charge is -2.43. The first-order valence-corrected chi connectivity index (χ1v) is 13.8. The molecule has 0 radical (unpaired) electrons. The molecule has 0 saturated heterocycles. The van der Waals surface area contributed by atoms with Crippen molar-refractivity contribution in [3.63, 3.8) is 0 Å². The van der Waals surface area contributed by atoms with E-state index >= 15 is 0 Å². The fourth-order valence-corrected chi connectivity index (χ4v) is 9.09. The van der Waals surface area contributed by atoms with Gasteiger partial charge in [0.1, 0.15) is 5.76 Å². The highest BCUT2D eigenvalue weighted by atomic mass is 28.4. The van der Waals surface area contributed by atoms with Crippen molar-refractivity contribution in [2.75, 3.05) is 6.61 Å². The molecule has 0 atom stereocenters. The first-order valence-electron chi connectivity index (χ1n) is 11.9. The van der Waals surface area contributed by atoms with Crippen LogP contribution in [0.15, 0.2) is 75.9 Å². The molecule has 0 aliphatic heterocycles. The Bertz CT molecular complexity index is 1060. The molecule has 0 amide bonds. The van der Waals surface area contributed by atoms with Crippen LogP contribution in [0, 0.1) is 6.92 Å². The highest BCUT2D eigenvalue weighted by Crippen LogP contribution is 2.36. The molecule has 0 bridgehead atoms. The van der Waals surface area contributed by atoms with Crippen LogP contribution in [0.25, 0.3) is 0 Å². The molecule has 1 aromatic heterocycles. The zero-order valence-corrected chi connectivity index (χ0v) is 22.2. The molecule has 2 aromatic carbocycles. The maximum absolute atomic E-state index is 12.4. The summed E-state index contributed by atoms with van der Waals surface area (Å²) < 4.78 is 12.5. The number of benzene rings is 2. The Labute approximate surface area is 200 Å². The minimum atomic E-state index is -2.53. The molecule has 0 fully saturated rings. The molecule has 0 saturated carbocycles. The molecular formula is C29H38O3Si. The van der Waals surface area contributed by atoms with Crippen LogP contribution in [0.2, 0.25) is 5.04 Å². The maximum atomic E-state index is 12.4. The van der Waals surface area contributed by atoms with Crippen molar-refractivity contribution in [2.45, 2.75) is 71.8 Å². The van der Waals surface area contributed by atoms with Gasteiger partial charge in [-0.3, -0.25) is 0 Å². The molecule has 33 heavy (non-hydrogen) atoms. The third-order valence-electron chi connectivity index (χ3n) is 6.36. The minimum Gasteiger partial charge on any atom is -0.427 e. The van der Waals surface area contributed by atoms with Crippen molar-refractivity contribution in [1.29, 1.82) is 0 Å². The van der Waals surface area contributed by atoms with Gasteiger partial charge in [0.25, 0.3) is 8.32 Å². The van der Waals surface area contributed by atoms with Crippen LogP contribution >= 0.6 is 0 Å². The molecule has 176 valence electrons. The number of rotatable bonds is 7. The zero-order chi connectivity index (χ0) is 24.3. The minimum absolute atomic E-state index is 0.0428. The Balaban J connectivity index is 1.90. The van der Waals surface area contributed by atoms with Crippen molar-refractivity contribution in [2.24, 2.45) is 0 Å². The number of hydrogen-bond acceptors (Lipinski definition) is 3. The smallest absolute Gasteiger partial charge is 0.339 e. The highest BCUT2D eigenvalue weighted by Gasteiger charge is 2.49. The Morgan fingerprint density at radius 1 is 0.848 bits per heavy atom. The molecule has 0 aliphatic carbocycles. The summed E-state index contributed by atoms with van der Waals surface area (Å²) in [4.78, 5) is 12.4. The van der Waals surface area contributed by atoms with E-state index in [-0.39, 0.29) is 16.1 Å². The zero-order valence-electron chi connectivity index (χ0n) is 21.2. The van der Waals surface area contributed by atoms with Gasteiger partial charge in [-0.1, -0.05) is 102 Å². The van der Waals surface area contributed by atoms with Crippen molar-refractivity contribution >= 4 is 18.7 Å². The Morgan fingerprint density at radius 3 is 1.82 bits per heavy atom. The van der Waals surface area contributed by atoms with Crippen LogP contribution in [-0.2, 0) is 16.3 Å². The summed E-state index contributed by atoms with van der Waals surface area (Å²) in [7, 11) is -2.53. The lowest BCUT2D eigenvalue weighted by molar-refractivity contribution is 0.291. The number of hydrogen-bond donors (Lipinski definition) is 0. The van der Waals surface area contributed by atoms with E-state index in [4.69, 9.17) is 8.84 Å². The fourth-order valence-electron chi connectivity index (χ4n) is 4.48. The second kappa shape index (κ2) is 9.82. The van der Waals surface area contributed by atoms with E-state index in [2.05, 4.69) is 108 Å². The van der Waals surface area contributed by atoms with E-state index in [1.54, 1.807) is 0 Å². The van der Waals surface area contributed by atoms with Gasteiger partial charge in [-0.2, -0.15) is 0 Å². The van der Waals surface area contributed by atoms with Crippen LogP contribution in [0.4, 0.5) is 0 Å². The average Bonchev–Trinajstić information content (AvgIpc) is 2.76. The highest BCUT2D eigenvalue weighted by molar-refractivity contribution is 6.99. The van der Waals surface area contributed by atoms with Crippen molar-refractivity contribution in [1.82, 2.24) is 0 Å². The monoisotopic (exact) mass is 462 g/mol. The first kappa shape index (κ1) is 25.2. The van der Waals surface area contributed by atoms with Crippen LogP contribution < -0.4 is 16.0 Å². The molecule has 0 spiro atoms. The Morgan fingerprint density at radius 2 is 1.36 bits per heavy atom. The topological polar surface area (TPSA) is 39.4 Å². The van der Waals surface area contributed by atoms with Gasteiger partial charge in [0.05, 0.1) is 0 Å². The van der Waals surface area contributed by atoms with Gasteiger partial charge in [0, 0.05) is 17.6 Å². The molecule has 0 unspecified atom stereocenters. The van der Waals surface area contributed by atoms with Gasteiger partial charge in [0.2, 0.25) is 0 Å². The largest absolute Gasteiger partial charge is 0.427 e. The second-order valence-corrected chi connectivity index (χ2v) is 15.2. The van der Waals surface area contributed by atoms with Gasteiger partial charge in [-0.05, 0) is 46.8 Å². The van der Waals surface area contributed by atoms with Gasteiger partial charge < -0.3 is 8.84 Å². The summed E-state index contributed by atoms with van der Waals surface area (Å²) in [6.45, 7) is 15.6. The Hall–Kier alpha value is -2.43. The quantitative estimate of drug-likeness (QED) is 0.331. The first-order chi connectivity index (χ1) is 15.5. The third-order valence-corrected chi connectivity index (χ3v) is 11.4. The average molecular weight is 463 g/mol. The van der Waals surface area contributed by atoms with E-state index in [0.717, 1.165) is 24.2 Å². The normalized spacial score (nSPS) is 12.7. The summed E-state index contributed by atoms with van der Waals surface area (Å²) in [6.07, 6.45) is 1.64. The summed E-state index contributed by atoms with van der Waals surface area (Å²) in [5.74, 6) is 0.737. The summed E-state index contributed by atoms with van der Waals surface area (Å²) in [5.41, 5.74) is 1.33. The molecule has 0 N–H and O–H groups in total. The predicted molar refractivity (Wildman–Crippen MR) is 140 cm³/mol. The van der Waals surface area contributed by atoms with E-state index in [0.29, 0.717) is 12.2 Å². The molecule has 3 nitrogen and oxygen atoms in total. The Kier molecular flexibility index (Phi) is 7.50. The summed E-state index contributed by atoms with van der Waals surface area (Å²) in [6, 6.07) is 23.5. The lowest BCUT2D eigenvalue weighted by atomic mass is 9.91. The van der Waals surface area contributed by atoms with Gasteiger partial charge in [-0.15, -0.1) is 0 Å². The van der Waals surface area contributed by atoms with Gasteiger partial charge >= 0.3 is 5.63 Å². The molecule has 1 heterocycles. The van der Waals surface area contributed by atoms with Crippen LogP contribution in [0.3, 0.4) is 0 Å². The standard InChI is InChI=1S/C29H38O3Si/c1-22-23(21-26(28(2,3)4)32-27(22)30)15-14-20-31-33(29(5,6)7,24-16-10-8-11-17-24)25-18-12-9-13-19-25/h8-13,16-19,21H,14-15,20H2,1-7H3. The predicted octanol–water partition coefficient (Wildman–Crippen LogP) is 5.75. The van der Waals surface area contributed by atoms with Gasteiger partial charge in [0.15, 0.2) is 0 Å². The van der Waals surface area contributed by atoms with Gasteiger partial charge in [-0.25, -0.2) is 4.79 Å².